The zero-order valence-electron chi connectivity index (χ0n) is 9.82. The maximum atomic E-state index is 9.18. The molecular weight excluding hydrogens is 246 g/mol. The van der Waals surface area contributed by atoms with E-state index in [-0.39, 0.29) is 0 Å². The normalized spacial score (nSPS) is 11.2. The van der Waals surface area contributed by atoms with E-state index in [9.17, 15) is 20.1 Å². The van der Waals surface area contributed by atoms with Gasteiger partial charge in [0.15, 0.2) is 0 Å². The van der Waals surface area contributed by atoms with Gasteiger partial charge in [-0.05, 0) is 23.1 Å². The van der Waals surface area contributed by atoms with Gasteiger partial charge in [-0.15, -0.1) is 0 Å². The molecule has 0 spiro atoms. The molecular formula is C12H10B2O5. The lowest BCUT2D eigenvalue weighted by atomic mass is 9.78. The van der Waals surface area contributed by atoms with Crippen molar-refractivity contribution in [3.05, 3.63) is 36.4 Å². The van der Waals surface area contributed by atoms with Crippen LogP contribution in [0.5, 0.6) is 0 Å². The maximum Gasteiger partial charge on any atom is 0.488 e. The highest BCUT2D eigenvalue weighted by Crippen LogP contribution is 2.27. The first-order chi connectivity index (χ1) is 9.06. The molecule has 2 aromatic carbocycles. The van der Waals surface area contributed by atoms with E-state index in [1.54, 1.807) is 36.4 Å². The quantitative estimate of drug-likeness (QED) is 0.439. The Morgan fingerprint density at radius 2 is 1.11 bits per heavy atom. The third-order valence-corrected chi connectivity index (χ3v) is 3.11. The predicted octanol–water partition coefficient (Wildman–Crippen LogP) is -1.05. The summed E-state index contributed by atoms with van der Waals surface area (Å²) in [5, 5.41) is 38.1. The lowest BCUT2D eigenvalue weighted by molar-refractivity contribution is 0.424. The highest BCUT2D eigenvalue weighted by atomic mass is 16.4. The molecule has 0 atom stereocenters. The van der Waals surface area contributed by atoms with E-state index < -0.39 is 14.2 Å². The Morgan fingerprint density at radius 1 is 0.684 bits per heavy atom. The van der Waals surface area contributed by atoms with E-state index in [1.165, 1.54) is 0 Å². The summed E-state index contributed by atoms with van der Waals surface area (Å²) < 4.78 is 5.60. The maximum absolute atomic E-state index is 9.18. The van der Waals surface area contributed by atoms with Crippen LogP contribution in [-0.2, 0) is 0 Å². The fourth-order valence-corrected chi connectivity index (χ4v) is 2.13. The van der Waals surface area contributed by atoms with Crippen molar-refractivity contribution in [2.24, 2.45) is 0 Å². The zero-order chi connectivity index (χ0) is 13.6. The minimum absolute atomic E-state index is 0.352. The van der Waals surface area contributed by atoms with Crippen LogP contribution >= 0.6 is 0 Å². The van der Waals surface area contributed by atoms with Crippen molar-refractivity contribution < 1.29 is 24.5 Å². The minimum Gasteiger partial charge on any atom is -0.456 e. The standard InChI is InChI=1S/C12H10B2O5/c15-13(16)7-1-3-11-9(5-7)10-6-8(14(17)18)2-4-12(10)19-11/h1-6,15-18H. The number of rotatable bonds is 2. The average molecular weight is 256 g/mol. The van der Waals surface area contributed by atoms with E-state index in [0.717, 1.165) is 0 Å². The molecule has 0 amide bonds. The van der Waals surface area contributed by atoms with Gasteiger partial charge >= 0.3 is 14.2 Å². The summed E-state index contributed by atoms with van der Waals surface area (Å²) in [5.41, 5.74) is 1.91. The average Bonchev–Trinajstić information content (AvgIpc) is 2.75. The highest BCUT2D eigenvalue weighted by Gasteiger charge is 2.16. The molecule has 0 bridgehead atoms. The number of fused-ring (bicyclic) bond motifs is 3. The van der Waals surface area contributed by atoms with Gasteiger partial charge in [0, 0.05) is 10.8 Å². The Bertz CT molecular complexity index is 688. The summed E-state index contributed by atoms with van der Waals surface area (Å²) in [6.45, 7) is 0. The predicted molar refractivity (Wildman–Crippen MR) is 73.4 cm³/mol. The van der Waals surface area contributed by atoms with E-state index >= 15 is 0 Å². The third kappa shape index (κ3) is 2.02. The lowest BCUT2D eigenvalue weighted by Gasteiger charge is -1.99. The Kier molecular flexibility index (Phi) is 2.83. The molecule has 0 aliphatic heterocycles. The van der Waals surface area contributed by atoms with Crippen molar-refractivity contribution in [3.8, 4) is 0 Å². The van der Waals surface area contributed by atoms with E-state index in [0.29, 0.717) is 32.9 Å². The first-order valence-corrected chi connectivity index (χ1v) is 5.74. The van der Waals surface area contributed by atoms with Gasteiger partial charge in [0.05, 0.1) is 0 Å². The molecule has 0 aliphatic carbocycles. The van der Waals surface area contributed by atoms with Crippen molar-refractivity contribution in [1.82, 2.24) is 0 Å². The summed E-state index contributed by atoms with van der Waals surface area (Å²) in [5.74, 6) is 0. The van der Waals surface area contributed by atoms with Crippen LogP contribution in [0, 0.1) is 0 Å². The molecule has 94 valence electrons. The van der Waals surface area contributed by atoms with Gasteiger partial charge in [0.25, 0.3) is 0 Å². The Morgan fingerprint density at radius 3 is 1.47 bits per heavy atom. The van der Waals surface area contributed by atoms with E-state index in [2.05, 4.69) is 0 Å². The summed E-state index contributed by atoms with van der Waals surface area (Å²) in [6, 6.07) is 9.66. The molecule has 0 saturated carbocycles. The minimum atomic E-state index is -1.55. The van der Waals surface area contributed by atoms with Gasteiger partial charge in [0.1, 0.15) is 11.2 Å². The van der Waals surface area contributed by atoms with Gasteiger partial charge in [-0.1, -0.05) is 24.3 Å². The molecule has 1 aromatic heterocycles. The van der Waals surface area contributed by atoms with Crippen molar-refractivity contribution in [1.29, 1.82) is 0 Å². The smallest absolute Gasteiger partial charge is 0.456 e. The molecule has 0 radical (unpaired) electrons. The topological polar surface area (TPSA) is 94.1 Å². The molecule has 0 fully saturated rings. The second-order valence-corrected chi connectivity index (χ2v) is 4.36. The van der Waals surface area contributed by atoms with Crippen LogP contribution in [0.25, 0.3) is 21.9 Å². The van der Waals surface area contributed by atoms with Gasteiger partial charge in [-0.25, -0.2) is 0 Å². The summed E-state index contributed by atoms with van der Waals surface area (Å²) in [6.07, 6.45) is 0. The summed E-state index contributed by atoms with van der Waals surface area (Å²) in [7, 11) is -3.11. The van der Waals surface area contributed by atoms with Crippen molar-refractivity contribution >= 4 is 47.1 Å². The Labute approximate surface area is 109 Å². The van der Waals surface area contributed by atoms with Crippen LogP contribution in [0.1, 0.15) is 0 Å². The second-order valence-electron chi connectivity index (χ2n) is 4.36. The second kappa shape index (κ2) is 4.40. The van der Waals surface area contributed by atoms with Crippen LogP contribution in [-0.4, -0.2) is 34.3 Å². The lowest BCUT2D eigenvalue weighted by Crippen LogP contribution is -2.29. The number of benzene rings is 2. The van der Waals surface area contributed by atoms with Crippen molar-refractivity contribution in [2.45, 2.75) is 0 Å². The number of hydrogen-bond acceptors (Lipinski definition) is 5. The molecule has 7 heteroatoms. The summed E-state index contributed by atoms with van der Waals surface area (Å²) in [4.78, 5) is 0. The number of hydrogen-bond donors (Lipinski definition) is 4. The fourth-order valence-electron chi connectivity index (χ4n) is 2.13. The monoisotopic (exact) mass is 256 g/mol. The van der Waals surface area contributed by atoms with Crippen LogP contribution in [0.3, 0.4) is 0 Å². The third-order valence-electron chi connectivity index (χ3n) is 3.11. The molecule has 5 nitrogen and oxygen atoms in total. The van der Waals surface area contributed by atoms with E-state index in [1.807, 2.05) is 0 Å². The van der Waals surface area contributed by atoms with Gasteiger partial charge in [-0.2, -0.15) is 0 Å². The molecule has 19 heavy (non-hydrogen) atoms. The van der Waals surface area contributed by atoms with Crippen LogP contribution in [0.4, 0.5) is 0 Å². The Hall–Kier alpha value is -1.79. The highest BCUT2D eigenvalue weighted by molar-refractivity contribution is 6.59. The number of furan rings is 1. The Balaban J connectivity index is 2.31. The molecule has 1 heterocycles. The molecule has 4 N–H and O–H groups in total. The first kappa shape index (κ1) is 12.3. The van der Waals surface area contributed by atoms with Gasteiger partial charge in [-0.3, -0.25) is 0 Å². The molecule has 0 unspecified atom stereocenters. The van der Waals surface area contributed by atoms with Gasteiger partial charge in [0.2, 0.25) is 0 Å². The molecule has 3 aromatic rings. The molecule has 0 saturated heterocycles. The largest absolute Gasteiger partial charge is 0.488 e. The van der Waals surface area contributed by atoms with Crippen molar-refractivity contribution in [3.63, 3.8) is 0 Å². The summed E-state index contributed by atoms with van der Waals surface area (Å²) >= 11 is 0. The van der Waals surface area contributed by atoms with E-state index in [4.69, 9.17) is 4.42 Å². The molecule has 0 aliphatic rings. The van der Waals surface area contributed by atoms with Gasteiger partial charge < -0.3 is 24.5 Å². The van der Waals surface area contributed by atoms with Crippen LogP contribution in [0.2, 0.25) is 0 Å². The zero-order valence-corrected chi connectivity index (χ0v) is 9.82. The van der Waals surface area contributed by atoms with Crippen molar-refractivity contribution in [2.75, 3.05) is 0 Å². The fraction of sp³-hybridized carbons (Fsp3) is 0. The van der Waals surface area contributed by atoms with Crippen LogP contribution in [0.15, 0.2) is 40.8 Å². The first-order valence-electron chi connectivity index (χ1n) is 5.74. The SMILES string of the molecule is OB(O)c1ccc2oc3ccc(B(O)O)cc3c2c1. The molecule has 3 rings (SSSR count). The van der Waals surface area contributed by atoms with Crippen LogP contribution < -0.4 is 10.9 Å².